The third-order valence-corrected chi connectivity index (χ3v) is 3.10. The summed E-state index contributed by atoms with van der Waals surface area (Å²) in [6, 6.07) is 1.80. The molecule has 7 heteroatoms. The first-order chi connectivity index (χ1) is 6.75. The van der Waals surface area contributed by atoms with Gasteiger partial charge in [-0.25, -0.2) is 4.68 Å². The van der Waals surface area contributed by atoms with Crippen molar-refractivity contribution in [1.82, 2.24) is 14.9 Å². The number of hydrogen-bond acceptors (Lipinski definition) is 4. The van der Waals surface area contributed by atoms with Gasteiger partial charge in [0.1, 0.15) is 18.4 Å². The summed E-state index contributed by atoms with van der Waals surface area (Å²) < 4.78 is 8.25. The van der Waals surface area contributed by atoms with Crippen LogP contribution in [0, 0.1) is 0 Å². The molecule has 0 bridgehead atoms. The molecule has 0 amide bonds. The Morgan fingerprint density at radius 3 is 2.64 bits per heavy atom. The Morgan fingerprint density at radius 2 is 2.07 bits per heavy atom. The van der Waals surface area contributed by atoms with Gasteiger partial charge >= 0.3 is 0 Å². The fraction of sp³-hybridized carbons (Fsp3) is 0. The van der Waals surface area contributed by atoms with Gasteiger partial charge in [0.2, 0.25) is 0 Å². The van der Waals surface area contributed by atoms with Gasteiger partial charge in [-0.2, -0.15) is 5.10 Å². The third kappa shape index (κ3) is 2.10. The summed E-state index contributed by atoms with van der Waals surface area (Å²) in [7, 11) is 0. The van der Waals surface area contributed by atoms with E-state index >= 15 is 0 Å². The molecule has 2 aromatic heterocycles. The monoisotopic (exact) mass is 318 g/mol. The maximum Gasteiger partial charge on any atom is 0.184 e. The predicted octanol–water partition coefficient (Wildman–Crippen LogP) is 2.28. The van der Waals surface area contributed by atoms with Crippen LogP contribution in [0.1, 0.15) is 5.76 Å². The summed E-state index contributed by atoms with van der Waals surface area (Å²) >= 11 is 6.53. The second-order valence-electron chi connectivity index (χ2n) is 2.36. The summed E-state index contributed by atoms with van der Waals surface area (Å²) in [5.41, 5.74) is 0. The van der Waals surface area contributed by atoms with Crippen molar-refractivity contribution in [2.75, 3.05) is 0 Å². The Kier molecular flexibility index (Phi) is 2.78. The molecular weight excluding hydrogens is 316 g/mol. The maximum absolute atomic E-state index is 5.28. The number of furan rings is 1. The quantitative estimate of drug-likeness (QED) is 0.798. The van der Waals surface area contributed by atoms with Crippen molar-refractivity contribution in [3.05, 3.63) is 33.6 Å². The highest BCUT2D eigenvalue weighted by molar-refractivity contribution is 9.13. The largest absolute Gasteiger partial charge is 0.447 e. The molecular formula is C7H4Br2N4O. The van der Waals surface area contributed by atoms with Crippen LogP contribution in [0.2, 0.25) is 0 Å². The molecule has 14 heavy (non-hydrogen) atoms. The van der Waals surface area contributed by atoms with Gasteiger partial charge in [0.25, 0.3) is 0 Å². The van der Waals surface area contributed by atoms with Crippen LogP contribution in [0.3, 0.4) is 0 Å². The molecule has 0 N–H and O–H groups in total. The molecule has 2 heterocycles. The molecule has 0 spiro atoms. The maximum atomic E-state index is 5.28. The molecule has 72 valence electrons. The van der Waals surface area contributed by atoms with E-state index in [1.54, 1.807) is 12.3 Å². The number of nitrogens with zero attached hydrogens (tertiary/aromatic N) is 4. The van der Waals surface area contributed by atoms with Crippen LogP contribution in [0.15, 0.2) is 37.4 Å². The summed E-state index contributed by atoms with van der Waals surface area (Å²) in [5.74, 6) is 0.637. The van der Waals surface area contributed by atoms with Gasteiger partial charge < -0.3 is 4.42 Å². The molecule has 0 saturated heterocycles. The minimum absolute atomic E-state index is 0.637. The predicted molar refractivity (Wildman–Crippen MR) is 57.1 cm³/mol. The van der Waals surface area contributed by atoms with Gasteiger partial charge in [-0.15, -0.1) is 10.2 Å². The van der Waals surface area contributed by atoms with Gasteiger partial charge in [0, 0.05) is 6.07 Å². The lowest BCUT2D eigenvalue weighted by molar-refractivity contribution is 0.532. The highest BCUT2D eigenvalue weighted by Gasteiger charge is 2.03. The third-order valence-electron chi connectivity index (χ3n) is 1.39. The van der Waals surface area contributed by atoms with Crippen molar-refractivity contribution in [1.29, 1.82) is 0 Å². The minimum Gasteiger partial charge on any atom is -0.447 e. The van der Waals surface area contributed by atoms with Gasteiger partial charge in [0.05, 0.1) is 10.7 Å². The normalized spacial score (nSPS) is 11.3. The fourth-order valence-electron chi connectivity index (χ4n) is 0.805. The summed E-state index contributed by atoms with van der Waals surface area (Å²) in [6.45, 7) is 0. The molecule has 0 aliphatic rings. The van der Waals surface area contributed by atoms with E-state index in [0.717, 1.165) is 4.47 Å². The van der Waals surface area contributed by atoms with Crippen molar-refractivity contribution < 1.29 is 4.42 Å². The van der Waals surface area contributed by atoms with Crippen LogP contribution in [0.25, 0.3) is 0 Å². The lowest BCUT2D eigenvalue weighted by atomic mass is 10.5. The Balaban J connectivity index is 2.18. The van der Waals surface area contributed by atoms with Gasteiger partial charge in [-0.3, -0.25) is 0 Å². The van der Waals surface area contributed by atoms with E-state index in [1.165, 1.54) is 17.3 Å². The molecule has 0 fully saturated rings. The molecule has 0 aromatic carbocycles. The fourth-order valence-corrected chi connectivity index (χ4v) is 1.41. The highest BCUT2D eigenvalue weighted by Crippen LogP contribution is 2.25. The van der Waals surface area contributed by atoms with Crippen molar-refractivity contribution in [3.63, 3.8) is 0 Å². The molecule has 2 rings (SSSR count). The molecule has 5 nitrogen and oxygen atoms in total. The first-order valence-corrected chi connectivity index (χ1v) is 5.18. The lowest BCUT2D eigenvalue weighted by Crippen LogP contribution is -1.84. The van der Waals surface area contributed by atoms with Crippen LogP contribution in [-0.4, -0.2) is 21.1 Å². The first kappa shape index (κ1) is 9.60. The molecule has 0 aliphatic heterocycles. The standard InChI is InChI=1S/C7H4Br2N4O/c8-6-1-5(14-7(6)9)2-12-13-3-10-11-4-13/h1-4H/b12-2+. The molecule has 2 aromatic rings. The summed E-state index contributed by atoms with van der Waals surface area (Å²) in [6.07, 6.45) is 4.55. The van der Waals surface area contributed by atoms with E-state index in [9.17, 15) is 0 Å². The van der Waals surface area contributed by atoms with Crippen molar-refractivity contribution in [2.45, 2.75) is 0 Å². The zero-order valence-corrected chi connectivity index (χ0v) is 9.93. The molecule has 0 aliphatic carbocycles. The zero-order chi connectivity index (χ0) is 9.97. The van der Waals surface area contributed by atoms with Crippen molar-refractivity contribution in [3.8, 4) is 0 Å². The Bertz CT molecular complexity index is 429. The van der Waals surface area contributed by atoms with Crippen molar-refractivity contribution >= 4 is 38.1 Å². The topological polar surface area (TPSA) is 56.2 Å². The second-order valence-corrected chi connectivity index (χ2v) is 3.93. The van der Waals surface area contributed by atoms with E-state index < -0.39 is 0 Å². The Labute approximate surface area is 96.1 Å². The van der Waals surface area contributed by atoms with Crippen LogP contribution in [0.5, 0.6) is 0 Å². The van der Waals surface area contributed by atoms with Crippen molar-refractivity contribution in [2.24, 2.45) is 5.10 Å². The van der Waals surface area contributed by atoms with Crippen LogP contribution in [-0.2, 0) is 0 Å². The minimum atomic E-state index is 0.637. The molecule has 0 atom stereocenters. The van der Waals surface area contributed by atoms with Crippen LogP contribution < -0.4 is 0 Å². The van der Waals surface area contributed by atoms with E-state index in [-0.39, 0.29) is 0 Å². The smallest absolute Gasteiger partial charge is 0.184 e. The van der Waals surface area contributed by atoms with Crippen LogP contribution in [0.4, 0.5) is 0 Å². The lowest BCUT2D eigenvalue weighted by Gasteiger charge is -1.86. The van der Waals surface area contributed by atoms with Gasteiger partial charge in [-0.1, -0.05) is 0 Å². The number of hydrogen-bond donors (Lipinski definition) is 0. The summed E-state index contributed by atoms with van der Waals surface area (Å²) in [5, 5.41) is 11.2. The SMILES string of the molecule is Brc1cc(/C=N/n2cnnc2)oc1Br. The summed E-state index contributed by atoms with van der Waals surface area (Å²) in [4.78, 5) is 0. The van der Waals surface area contributed by atoms with E-state index in [2.05, 4.69) is 47.2 Å². The highest BCUT2D eigenvalue weighted by atomic mass is 79.9. The number of halogens is 2. The second kappa shape index (κ2) is 4.05. The number of aromatic nitrogens is 3. The first-order valence-electron chi connectivity index (χ1n) is 3.59. The average molecular weight is 320 g/mol. The van der Waals surface area contributed by atoms with E-state index in [4.69, 9.17) is 4.42 Å². The zero-order valence-electron chi connectivity index (χ0n) is 6.76. The molecule has 0 saturated carbocycles. The Hall–Kier alpha value is -0.950. The molecule has 0 unspecified atom stereocenters. The van der Waals surface area contributed by atoms with E-state index in [1.807, 2.05) is 0 Å². The van der Waals surface area contributed by atoms with Crippen LogP contribution >= 0.6 is 31.9 Å². The van der Waals surface area contributed by atoms with E-state index in [0.29, 0.717) is 10.4 Å². The average Bonchev–Trinajstić information content (AvgIpc) is 2.74. The Morgan fingerprint density at radius 1 is 1.36 bits per heavy atom. The number of rotatable bonds is 2. The van der Waals surface area contributed by atoms with Gasteiger partial charge in [0.15, 0.2) is 4.67 Å². The molecule has 0 radical (unpaired) electrons. The van der Waals surface area contributed by atoms with Gasteiger partial charge in [-0.05, 0) is 31.9 Å².